The molecule has 3 N–H and O–H groups in total. The first kappa shape index (κ1) is 18.5. The molecule has 0 atom stereocenters. The van der Waals surface area contributed by atoms with Crippen molar-refractivity contribution in [3.8, 4) is 0 Å². The highest BCUT2D eigenvalue weighted by atomic mass is 35.5. The lowest BCUT2D eigenvalue weighted by Gasteiger charge is -2.13. The molecule has 136 valence electrons. The average Bonchev–Trinajstić information content (AvgIpc) is 2.63. The molecule has 0 radical (unpaired) electrons. The summed E-state index contributed by atoms with van der Waals surface area (Å²) in [7, 11) is 0. The summed E-state index contributed by atoms with van der Waals surface area (Å²) in [5.41, 5.74) is 3.54. The van der Waals surface area contributed by atoms with Crippen LogP contribution in [-0.4, -0.2) is 17.0 Å². The number of aryl methyl sites for hydroxylation is 1. The number of carbonyl (C=O) groups excluding carboxylic acids is 1. The minimum Gasteiger partial charge on any atom is -0.465 e. The molecule has 0 spiro atoms. The van der Waals surface area contributed by atoms with Gasteiger partial charge in [-0.3, -0.25) is 10.1 Å². The molecule has 0 aliphatic heterocycles. The van der Waals surface area contributed by atoms with E-state index in [1.165, 1.54) is 0 Å². The molecule has 0 aliphatic rings. The molecule has 0 fully saturated rings. The number of anilines is 3. The van der Waals surface area contributed by atoms with Gasteiger partial charge in [0.25, 0.3) is 0 Å². The first-order valence-electron chi connectivity index (χ1n) is 8.21. The van der Waals surface area contributed by atoms with Gasteiger partial charge in [-0.05, 0) is 42.8 Å². The van der Waals surface area contributed by atoms with Gasteiger partial charge in [0.05, 0.1) is 16.4 Å². The van der Waals surface area contributed by atoms with Crippen molar-refractivity contribution >= 4 is 40.5 Å². The fraction of sp³-hybridized carbons (Fsp3) is 0.0476. The number of rotatable bonds is 5. The molecule has 3 aromatic carbocycles. The van der Waals surface area contributed by atoms with Crippen LogP contribution in [0.4, 0.5) is 21.9 Å². The molecule has 27 heavy (non-hydrogen) atoms. The Morgan fingerprint density at radius 2 is 1.56 bits per heavy atom. The third kappa shape index (κ3) is 4.27. The molecule has 0 saturated heterocycles. The molecule has 0 heterocycles. The van der Waals surface area contributed by atoms with Crippen molar-refractivity contribution in [3.05, 3.63) is 88.4 Å². The summed E-state index contributed by atoms with van der Waals surface area (Å²) in [4.78, 5) is 23.7. The van der Waals surface area contributed by atoms with Gasteiger partial charge in [-0.15, -0.1) is 0 Å². The van der Waals surface area contributed by atoms with Gasteiger partial charge in [-0.2, -0.15) is 0 Å². The topological polar surface area (TPSA) is 78.4 Å². The van der Waals surface area contributed by atoms with Crippen LogP contribution in [0, 0.1) is 6.92 Å². The maximum atomic E-state index is 12.8. The van der Waals surface area contributed by atoms with Crippen LogP contribution < -0.4 is 10.6 Å². The molecule has 5 nitrogen and oxygen atoms in total. The van der Waals surface area contributed by atoms with E-state index in [0.717, 1.165) is 5.56 Å². The largest absolute Gasteiger partial charge is 0.465 e. The number of hydrogen-bond donors (Lipinski definition) is 3. The molecule has 0 saturated carbocycles. The molecule has 3 aromatic rings. The fourth-order valence-electron chi connectivity index (χ4n) is 2.72. The van der Waals surface area contributed by atoms with Crippen LogP contribution in [0.5, 0.6) is 0 Å². The van der Waals surface area contributed by atoms with Gasteiger partial charge in [0.2, 0.25) is 0 Å². The normalized spacial score (nSPS) is 10.3. The standard InChI is InChI=1S/C21H17ClN2O3/c1-13-6-2-3-7-15(13)20(25)16-11-10-14(12-17(16)22)23-18-8-4-5-9-19(18)24-21(26)27/h2-12,23-24H,1H3,(H,26,27). The second kappa shape index (κ2) is 7.93. The van der Waals surface area contributed by atoms with Crippen LogP contribution in [0.2, 0.25) is 5.02 Å². The molecular weight excluding hydrogens is 364 g/mol. The van der Waals surface area contributed by atoms with E-state index >= 15 is 0 Å². The van der Waals surface area contributed by atoms with Crippen molar-refractivity contribution in [2.24, 2.45) is 0 Å². The number of nitrogens with one attached hydrogen (secondary N) is 2. The SMILES string of the molecule is Cc1ccccc1C(=O)c1ccc(Nc2ccccc2NC(=O)O)cc1Cl. The summed E-state index contributed by atoms with van der Waals surface area (Å²) in [6.07, 6.45) is -1.15. The second-order valence-corrected chi connectivity index (χ2v) is 6.35. The van der Waals surface area contributed by atoms with Crippen LogP contribution in [0.3, 0.4) is 0 Å². The minimum absolute atomic E-state index is 0.141. The van der Waals surface area contributed by atoms with Crippen LogP contribution in [0.1, 0.15) is 21.5 Å². The summed E-state index contributed by atoms with van der Waals surface area (Å²) < 4.78 is 0. The highest BCUT2D eigenvalue weighted by Gasteiger charge is 2.15. The third-order valence-corrected chi connectivity index (χ3v) is 4.36. The maximum absolute atomic E-state index is 12.8. The third-order valence-electron chi connectivity index (χ3n) is 4.05. The Balaban J connectivity index is 1.87. The minimum atomic E-state index is -1.15. The summed E-state index contributed by atoms with van der Waals surface area (Å²) in [6.45, 7) is 1.88. The van der Waals surface area contributed by atoms with Crippen molar-refractivity contribution < 1.29 is 14.7 Å². The van der Waals surface area contributed by atoms with Gasteiger partial charge in [0, 0.05) is 16.8 Å². The number of amides is 1. The molecule has 0 bridgehead atoms. The Labute approximate surface area is 161 Å². The smallest absolute Gasteiger partial charge is 0.409 e. The highest BCUT2D eigenvalue weighted by Crippen LogP contribution is 2.29. The number of halogens is 1. The second-order valence-electron chi connectivity index (χ2n) is 5.94. The van der Waals surface area contributed by atoms with Gasteiger partial charge in [-0.1, -0.05) is 48.0 Å². The number of carbonyl (C=O) groups is 2. The quantitative estimate of drug-likeness (QED) is 0.495. The predicted octanol–water partition coefficient (Wildman–Crippen LogP) is 5.71. The van der Waals surface area contributed by atoms with Gasteiger partial charge >= 0.3 is 6.09 Å². The monoisotopic (exact) mass is 380 g/mol. The first-order valence-corrected chi connectivity index (χ1v) is 8.59. The van der Waals surface area contributed by atoms with Gasteiger partial charge in [0.15, 0.2) is 5.78 Å². The van der Waals surface area contributed by atoms with Crippen molar-refractivity contribution in [3.63, 3.8) is 0 Å². The molecule has 0 unspecified atom stereocenters. The van der Waals surface area contributed by atoms with Crippen molar-refractivity contribution in [2.45, 2.75) is 6.92 Å². The molecule has 0 aromatic heterocycles. The van der Waals surface area contributed by atoms with Crippen molar-refractivity contribution in [1.29, 1.82) is 0 Å². The van der Waals surface area contributed by atoms with Gasteiger partial charge in [-0.25, -0.2) is 4.79 Å². The predicted molar refractivity (Wildman–Crippen MR) is 107 cm³/mol. The molecule has 1 amide bonds. The Bertz CT molecular complexity index is 1020. The molecular formula is C21H17ClN2O3. The van der Waals surface area contributed by atoms with E-state index in [0.29, 0.717) is 33.2 Å². The van der Waals surface area contributed by atoms with E-state index < -0.39 is 6.09 Å². The fourth-order valence-corrected chi connectivity index (χ4v) is 2.99. The van der Waals surface area contributed by atoms with Crippen LogP contribution in [-0.2, 0) is 0 Å². The van der Waals surface area contributed by atoms with E-state index in [4.69, 9.17) is 16.7 Å². The Kier molecular flexibility index (Phi) is 5.43. The Morgan fingerprint density at radius 3 is 2.22 bits per heavy atom. The zero-order chi connectivity index (χ0) is 19.4. The van der Waals surface area contributed by atoms with Crippen LogP contribution >= 0.6 is 11.6 Å². The number of carboxylic acid groups (broad SMARTS) is 1. The van der Waals surface area contributed by atoms with Crippen LogP contribution in [0.25, 0.3) is 0 Å². The lowest BCUT2D eigenvalue weighted by atomic mass is 9.99. The van der Waals surface area contributed by atoms with Crippen LogP contribution in [0.15, 0.2) is 66.7 Å². The maximum Gasteiger partial charge on any atom is 0.409 e. The number of hydrogen-bond acceptors (Lipinski definition) is 3. The summed E-state index contributed by atoms with van der Waals surface area (Å²) in [5, 5.41) is 14.7. The molecule has 3 rings (SSSR count). The zero-order valence-corrected chi connectivity index (χ0v) is 15.2. The zero-order valence-electron chi connectivity index (χ0n) is 14.5. The van der Waals surface area contributed by atoms with E-state index in [1.807, 2.05) is 25.1 Å². The van der Waals surface area contributed by atoms with E-state index in [1.54, 1.807) is 48.5 Å². The van der Waals surface area contributed by atoms with E-state index in [-0.39, 0.29) is 5.78 Å². The number of ketones is 1. The van der Waals surface area contributed by atoms with Crippen molar-refractivity contribution in [1.82, 2.24) is 0 Å². The first-order chi connectivity index (χ1) is 13.0. The average molecular weight is 381 g/mol. The van der Waals surface area contributed by atoms with Gasteiger partial charge in [0.1, 0.15) is 0 Å². The summed E-state index contributed by atoms with van der Waals surface area (Å²) in [6, 6.07) is 19.3. The van der Waals surface area contributed by atoms with Crippen molar-refractivity contribution in [2.75, 3.05) is 10.6 Å². The Hall–Kier alpha value is -3.31. The number of para-hydroxylation sites is 2. The summed E-state index contributed by atoms with van der Waals surface area (Å²) >= 11 is 6.35. The lowest BCUT2D eigenvalue weighted by Crippen LogP contribution is -2.09. The number of benzene rings is 3. The molecule has 0 aliphatic carbocycles. The van der Waals surface area contributed by atoms with E-state index in [2.05, 4.69) is 10.6 Å². The lowest BCUT2D eigenvalue weighted by molar-refractivity contribution is 0.103. The van der Waals surface area contributed by atoms with Gasteiger partial charge < -0.3 is 10.4 Å². The Morgan fingerprint density at radius 1 is 0.889 bits per heavy atom. The molecule has 6 heteroatoms. The summed E-state index contributed by atoms with van der Waals surface area (Å²) in [5.74, 6) is -0.141. The van der Waals surface area contributed by atoms with E-state index in [9.17, 15) is 9.59 Å². The highest BCUT2D eigenvalue weighted by molar-refractivity contribution is 6.35.